The number of carbonyl (C=O) groups excluding carboxylic acids is 1. The number of fused-ring (bicyclic) bond motifs is 1. The van der Waals surface area contributed by atoms with E-state index in [1.165, 1.54) is 0 Å². The molecule has 4 nitrogen and oxygen atoms in total. The topological polar surface area (TPSA) is 47.8 Å². The van der Waals surface area contributed by atoms with Gasteiger partial charge < -0.3 is 0 Å². The van der Waals surface area contributed by atoms with Crippen molar-refractivity contribution < 1.29 is 4.79 Å². The van der Waals surface area contributed by atoms with E-state index in [9.17, 15) is 4.79 Å². The lowest BCUT2D eigenvalue weighted by Crippen LogP contribution is -1.99. The van der Waals surface area contributed by atoms with Crippen LogP contribution in [0.15, 0.2) is 48.5 Å². The van der Waals surface area contributed by atoms with Crippen molar-refractivity contribution in [2.45, 2.75) is 13.3 Å². The number of nitrogens with zero attached hydrogens (tertiary/aromatic N) is 3. The second-order valence-electron chi connectivity index (χ2n) is 4.31. The molecule has 0 saturated carbocycles. The summed E-state index contributed by atoms with van der Waals surface area (Å²) in [7, 11) is 0. The van der Waals surface area contributed by atoms with Gasteiger partial charge in [-0.2, -0.15) is 0 Å². The van der Waals surface area contributed by atoms with Crippen molar-refractivity contribution in [1.29, 1.82) is 0 Å². The highest BCUT2D eigenvalue weighted by Crippen LogP contribution is 2.16. The summed E-state index contributed by atoms with van der Waals surface area (Å²) in [4.78, 5) is 11.6. The van der Waals surface area contributed by atoms with E-state index in [0.717, 1.165) is 22.3 Å². The summed E-state index contributed by atoms with van der Waals surface area (Å²) in [6, 6.07) is 15.2. The molecule has 3 rings (SSSR count). The molecule has 0 fully saturated rings. The highest BCUT2D eigenvalue weighted by Gasteiger charge is 2.07. The molecule has 1 aromatic heterocycles. The molecule has 0 spiro atoms. The normalized spacial score (nSPS) is 10.8. The number of aromatic nitrogens is 3. The number of Topliss-reactive ketones (excluding diaryl/α,β-unsaturated/α-hetero) is 1. The van der Waals surface area contributed by atoms with Gasteiger partial charge in [0.2, 0.25) is 0 Å². The van der Waals surface area contributed by atoms with Crippen LogP contribution in [-0.4, -0.2) is 20.8 Å². The molecular formula is C15H13N3O. The second-order valence-corrected chi connectivity index (χ2v) is 4.31. The van der Waals surface area contributed by atoms with Crippen LogP contribution in [-0.2, 0) is 0 Å². The van der Waals surface area contributed by atoms with E-state index in [1.807, 2.05) is 55.5 Å². The number of hydrogen-bond donors (Lipinski definition) is 0. The number of benzene rings is 2. The molecule has 3 aromatic rings. The van der Waals surface area contributed by atoms with E-state index in [-0.39, 0.29) is 5.78 Å². The first-order valence-electron chi connectivity index (χ1n) is 6.23. The standard InChI is InChI=1S/C15H13N3O/c1-2-15(19)11-7-9-12(10-8-11)18-14-6-4-3-5-13(14)16-17-18/h3-10H,2H2,1H3. The van der Waals surface area contributed by atoms with Crippen LogP contribution in [0.25, 0.3) is 16.7 Å². The van der Waals surface area contributed by atoms with Crippen molar-refractivity contribution >= 4 is 16.8 Å². The van der Waals surface area contributed by atoms with Crippen LogP contribution >= 0.6 is 0 Å². The van der Waals surface area contributed by atoms with Crippen molar-refractivity contribution in [3.63, 3.8) is 0 Å². The van der Waals surface area contributed by atoms with Crippen LogP contribution < -0.4 is 0 Å². The highest BCUT2D eigenvalue weighted by molar-refractivity contribution is 5.96. The van der Waals surface area contributed by atoms with Crippen LogP contribution in [0.2, 0.25) is 0 Å². The monoisotopic (exact) mass is 251 g/mol. The quantitative estimate of drug-likeness (QED) is 0.672. The van der Waals surface area contributed by atoms with Crippen LogP contribution in [0.1, 0.15) is 23.7 Å². The molecule has 0 radical (unpaired) electrons. The largest absolute Gasteiger partial charge is 0.294 e. The van der Waals surface area contributed by atoms with Crippen LogP contribution in [0.4, 0.5) is 0 Å². The van der Waals surface area contributed by atoms with Gasteiger partial charge in [0.15, 0.2) is 5.78 Å². The number of para-hydroxylation sites is 1. The second kappa shape index (κ2) is 4.65. The van der Waals surface area contributed by atoms with Gasteiger partial charge in [0.25, 0.3) is 0 Å². The highest BCUT2D eigenvalue weighted by atomic mass is 16.1. The Morgan fingerprint density at radius 1 is 1.11 bits per heavy atom. The molecule has 0 unspecified atom stereocenters. The molecule has 0 aliphatic carbocycles. The Bertz CT molecular complexity index is 728. The zero-order valence-electron chi connectivity index (χ0n) is 10.6. The van der Waals surface area contributed by atoms with Gasteiger partial charge >= 0.3 is 0 Å². The van der Waals surface area contributed by atoms with Gasteiger partial charge in [-0.15, -0.1) is 5.10 Å². The van der Waals surface area contributed by atoms with E-state index < -0.39 is 0 Å². The summed E-state index contributed by atoms with van der Waals surface area (Å²) in [5.74, 6) is 0.148. The smallest absolute Gasteiger partial charge is 0.162 e. The SMILES string of the molecule is CCC(=O)c1ccc(-n2nnc3ccccc32)cc1. The van der Waals surface area contributed by atoms with Gasteiger partial charge in [-0.25, -0.2) is 4.68 Å². The van der Waals surface area contributed by atoms with Gasteiger partial charge in [-0.3, -0.25) is 4.79 Å². The zero-order valence-corrected chi connectivity index (χ0v) is 10.6. The summed E-state index contributed by atoms with van der Waals surface area (Å²) in [5.41, 5.74) is 3.45. The first kappa shape index (κ1) is 11.6. The summed E-state index contributed by atoms with van der Waals surface area (Å²) >= 11 is 0. The lowest BCUT2D eigenvalue weighted by atomic mass is 10.1. The minimum absolute atomic E-state index is 0.148. The average Bonchev–Trinajstić information content (AvgIpc) is 2.90. The first-order valence-corrected chi connectivity index (χ1v) is 6.23. The van der Waals surface area contributed by atoms with Crippen molar-refractivity contribution in [1.82, 2.24) is 15.0 Å². The molecule has 2 aromatic carbocycles. The van der Waals surface area contributed by atoms with Crippen LogP contribution in [0.5, 0.6) is 0 Å². The maximum Gasteiger partial charge on any atom is 0.162 e. The summed E-state index contributed by atoms with van der Waals surface area (Å²) in [5, 5.41) is 8.26. The van der Waals surface area contributed by atoms with Gasteiger partial charge in [0, 0.05) is 12.0 Å². The fourth-order valence-electron chi connectivity index (χ4n) is 2.05. The minimum atomic E-state index is 0.148. The molecule has 0 amide bonds. The molecule has 0 aliphatic rings. The Kier molecular flexibility index (Phi) is 2.83. The van der Waals surface area contributed by atoms with Crippen molar-refractivity contribution in [3.8, 4) is 5.69 Å². The molecule has 1 heterocycles. The molecule has 0 bridgehead atoms. The maximum absolute atomic E-state index is 11.6. The third-order valence-electron chi connectivity index (χ3n) is 3.11. The lowest BCUT2D eigenvalue weighted by molar-refractivity contribution is 0.0988. The molecule has 4 heteroatoms. The maximum atomic E-state index is 11.6. The van der Waals surface area contributed by atoms with Crippen molar-refractivity contribution in [3.05, 3.63) is 54.1 Å². The fraction of sp³-hybridized carbons (Fsp3) is 0.133. The molecule has 0 saturated heterocycles. The van der Waals surface area contributed by atoms with Gasteiger partial charge in [0.05, 0.1) is 11.2 Å². The van der Waals surface area contributed by atoms with Crippen LogP contribution in [0.3, 0.4) is 0 Å². The van der Waals surface area contributed by atoms with Gasteiger partial charge in [-0.1, -0.05) is 24.3 Å². The Labute approximate surface area is 110 Å². The number of ketones is 1. The Hall–Kier alpha value is -2.49. The predicted octanol–water partition coefficient (Wildman–Crippen LogP) is 3.01. The average molecular weight is 251 g/mol. The number of hydrogen-bond acceptors (Lipinski definition) is 3. The lowest BCUT2D eigenvalue weighted by Gasteiger charge is -2.03. The Morgan fingerprint density at radius 3 is 2.58 bits per heavy atom. The van der Waals surface area contributed by atoms with Crippen molar-refractivity contribution in [2.75, 3.05) is 0 Å². The van der Waals surface area contributed by atoms with E-state index in [0.29, 0.717) is 6.42 Å². The molecule has 0 N–H and O–H groups in total. The Balaban J connectivity index is 2.05. The van der Waals surface area contributed by atoms with E-state index >= 15 is 0 Å². The molecular weight excluding hydrogens is 238 g/mol. The predicted molar refractivity (Wildman–Crippen MR) is 73.5 cm³/mol. The summed E-state index contributed by atoms with van der Waals surface area (Å²) in [6.45, 7) is 1.86. The number of rotatable bonds is 3. The summed E-state index contributed by atoms with van der Waals surface area (Å²) in [6.07, 6.45) is 0.519. The number of carbonyl (C=O) groups is 1. The molecule has 0 aliphatic heterocycles. The Morgan fingerprint density at radius 2 is 1.84 bits per heavy atom. The summed E-state index contributed by atoms with van der Waals surface area (Å²) < 4.78 is 1.77. The van der Waals surface area contributed by atoms with E-state index in [1.54, 1.807) is 4.68 Å². The molecule has 0 atom stereocenters. The van der Waals surface area contributed by atoms with Gasteiger partial charge in [0.1, 0.15) is 5.52 Å². The first-order chi connectivity index (χ1) is 9.29. The fourth-order valence-corrected chi connectivity index (χ4v) is 2.05. The molecule has 19 heavy (non-hydrogen) atoms. The van der Waals surface area contributed by atoms with Crippen molar-refractivity contribution in [2.24, 2.45) is 0 Å². The molecule has 94 valence electrons. The third-order valence-corrected chi connectivity index (χ3v) is 3.11. The van der Waals surface area contributed by atoms with E-state index in [2.05, 4.69) is 10.3 Å². The van der Waals surface area contributed by atoms with Crippen LogP contribution in [0, 0.1) is 0 Å². The zero-order chi connectivity index (χ0) is 13.2. The minimum Gasteiger partial charge on any atom is -0.294 e. The van der Waals surface area contributed by atoms with E-state index in [4.69, 9.17) is 0 Å². The third kappa shape index (κ3) is 2.01. The van der Waals surface area contributed by atoms with Gasteiger partial charge in [-0.05, 0) is 36.4 Å².